The molecule has 2 nitrogen and oxygen atoms in total. The van der Waals surface area contributed by atoms with Crippen molar-refractivity contribution >= 4 is 0 Å². The fourth-order valence-electron chi connectivity index (χ4n) is 6.97. The summed E-state index contributed by atoms with van der Waals surface area (Å²) < 4.78 is 6.32. The third-order valence-electron chi connectivity index (χ3n) is 8.53. The third kappa shape index (κ3) is 2.73. The van der Waals surface area contributed by atoms with E-state index in [-0.39, 0.29) is 11.5 Å². The second-order valence-electron chi connectivity index (χ2n) is 9.77. The van der Waals surface area contributed by atoms with Crippen molar-refractivity contribution in [1.29, 1.82) is 0 Å². The number of ether oxygens (including phenoxy) is 1. The number of hydrogen-bond acceptors (Lipinski definition) is 2. The fraction of sp³-hybridized carbons (Fsp3) is 0.680. The zero-order valence-electron chi connectivity index (χ0n) is 16.5. The maximum absolute atomic E-state index is 10.6. The monoisotopic (exact) mass is 364 g/mol. The van der Waals surface area contributed by atoms with Crippen molar-refractivity contribution in [1.82, 2.24) is 0 Å². The topological polar surface area (TPSA) is 29.5 Å². The van der Waals surface area contributed by atoms with Crippen LogP contribution >= 0.6 is 0 Å². The van der Waals surface area contributed by atoms with Gasteiger partial charge < -0.3 is 9.84 Å². The lowest BCUT2D eigenvalue weighted by molar-refractivity contribution is -0.0226. The van der Waals surface area contributed by atoms with E-state index in [1.165, 1.54) is 43.2 Å². The molecule has 2 heteroatoms. The summed E-state index contributed by atoms with van der Waals surface area (Å²) in [6.45, 7) is 2.34. The van der Waals surface area contributed by atoms with E-state index in [0.717, 1.165) is 43.4 Å². The predicted molar refractivity (Wildman–Crippen MR) is 108 cm³/mol. The van der Waals surface area contributed by atoms with Gasteiger partial charge in [-0.25, -0.2) is 0 Å². The van der Waals surface area contributed by atoms with E-state index in [9.17, 15) is 5.11 Å². The van der Waals surface area contributed by atoms with Crippen molar-refractivity contribution in [2.45, 2.75) is 89.3 Å². The third-order valence-corrected chi connectivity index (χ3v) is 8.53. The molecule has 4 aliphatic carbocycles. The molecule has 3 fully saturated rings. The number of aryl methyl sites for hydroxylation is 1. The Kier molecular flexibility index (Phi) is 4.28. The number of benzene rings is 1. The van der Waals surface area contributed by atoms with Crippen molar-refractivity contribution < 1.29 is 9.84 Å². The van der Waals surface area contributed by atoms with E-state index in [1.807, 2.05) is 0 Å². The van der Waals surface area contributed by atoms with Gasteiger partial charge >= 0.3 is 0 Å². The summed E-state index contributed by atoms with van der Waals surface area (Å²) in [6.07, 6.45) is 17.9. The Morgan fingerprint density at radius 2 is 1.93 bits per heavy atom. The minimum atomic E-state index is -0.103. The molecule has 3 saturated carbocycles. The first-order valence-corrected chi connectivity index (χ1v) is 11.1. The molecule has 0 aromatic heterocycles. The quantitative estimate of drug-likeness (QED) is 0.730. The molecule has 0 radical (unpaired) electrons. The second-order valence-corrected chi connectivity index (χ2v) is 9.77. The molecular weight excluding hydrogens is 332 g/mol. The number of hydrogen-bond donors (Lipinski definition) is 1. The van der Waals surface area contributed by atoms with Crippen LogP contribution in [0.15, 0.2) is 12.1 Å². The first-order chi connectivity index (χ1) is 13.1. The highest BCUT2D eigenvalue weighted by atomic mass is 16.5. The molecule has 1 N–H and O–H groups in total. The number of aliphatic hydroxyl groups excluding tert-OH is 1. The first kappa shape index (κ1) is 17.6. The van der Waals surface area contributed by atoms with Gasteiger partial charge in [-0.3, -0.25) is 0 Å². The van der Waals surface area contributed by atoms with Gasteiger partial charge in [0.2, 0.25) is 0 Å². The Morgan fingerprint density at radius 1 is 1.11 bits per heavy atom. The number of terminal acetylenes is 1. The molecule has 0 aliphatic heterocycles. The summed E-state index contributed by atoms with van der Waals surface area (Å²) in [7, 11) is 0. The van der Waals surface area contributed by atoms with Gasteiger partial charge in [0.1, 0.15) is 5.75 Å². The Labute approximate surface area is 163 Å². The molecule has 0 spiro atoms. The Hall–Kier alpha value is -1.46. The second kappa shape index (κ2) is 6.56. The summed E-state index contributed by atoms with van der Waals surface area (Å²) in [5.41, 5.74) is 4.03. The molecule has 1 aromatic rings. The SMILES string of the molecule is C#Cc1cc2c(cc1OC1CCCC1)CC[C@@H]1[C@@H]2CC[C@]2(C)[C@@H](O)CC[C@@H]12. The first-order valence-electron chi connectivity index (χ1n) is 11.1. The molecule has 0 unspecified atom stereocenters. The summed E-state index contributed by atoms with van der Waals surface area (Å²) >= 11 is 0. The van der Waals surface area contributed by atoms with Crippen LogP contribution in [-0.4, -0.2) is 17.3 Å². The predicted octanol–water partition coefficient (Wildman–Crippen LogP) is 5.21. The number of fused-ring (bicyclic) bond motifs is 5. The van der Waals surface area contributed by atoms with Crippen molar-refractivity contribution in [3.05, 3.63) is 28.8 Å². The van der Waals surface area contributed by atoms with Gasteiger partial charge in [-0.05, 0) is 111 Å². The average molecular weight is 365 g/mol. The van der Waals surface area contributed by atoms with Crippen molar-refractivity contribution in [3.63, 3.8) is 0 Å². The molecule has 5 rings (SSSR count). The fourth-order valence-corrected chi connectivity index (χ4v) is 6.97. The van der Waals surface area contributed by atoms with Gasteiger partial charge in [0.25, 0.3) is 0 Å². The molecule has 0 saturated heterocycles. The molecule has 1 aromatic carbocycles. The van der Waals surface area contributed by atoms with Crippen LogP contribution in [0.25, 0.3) is 0 Å². The highest BCUT2D eigenvalue weighted by molar-refractivity contribution is 5.52. The maximum Gasteiger partial charge on any atom is 0.135 e. The smallest absolute Gasteiger partial charge is 0.135 e. The molecule has 27 heavy (non-hydrogen) atoms. The van der Waals surface area contributed by atoms with Gasteiger partial charge in [-0.2, -0.15) is 0 Å². The van der Waals surface area contributed by atoms with Crippen LogP contribution in [0.1, 0.15) is 87.3 Å². The van der Waals surface area contributed by atoms with Crippen LogP contribution in [0.4, 0.5) is 0 Å². The molecule has 0 amide bonds. The minimum Gasteiger partial charge on any atom is -0.489 e. The van der Waals surface area contributed by atoms with Crippen LogP contribution in [0.2, 0.25) is 0 Å². The molecule has 0 heterocycles. The Bertz CT molecular complexity index is 769. The van der Waals surface area contributed by atoms with Crippen molar-refractivity contribution in [2.24, 2.45) is 17.3 Å². The van der Waals surface area contributed by atoms with E-state index in [2.05, 4.69) is 25.0 Å². The van der Waals surface area contributed by atoms with E-state index < -0.39 is 0 Å². The van der Waals surface area contributed by atoms with Crippen molar-refractivity contribution in [2.75, 3.05) is 0 Å². The lowest BCUT2D eigenvalue weighted by Gasteiger charge is -2.50. The van der Waals surface area contributed by atoms with Crippen LogP contribution in [-0.2, 0) is 6.42 Å². The highest BCUT2D eigenvalue weighted by Crippen LogP contribution is 2.61. The largest absolute Gasteiger partial charge is 0.489 e. The van der Waals surface area contributed by atoms with Crippen LogP contribution in [0.5, 0.6) is 5.75 Å². The normalized spacial score (nSPS) is 38.0. The zero-order chi connectivity index (χ0) is 18.6. The molecule has 144 valence electrons. The minimum absolute atomic E-state index is 0.103. The van der Waals surface area contributed by atoms with Gasteiger partial charge in [0.15, 0.2) is 0 Å². The summed E-state index contributed by atoms with van der Waals surface area (Å²) in [5, 5.41) is 10.6. The van der Waals surface area contributed by atoms with E-state index in [0.29, 0.717) is 23.9 Å². The van der Waals surface area contributed by atoms with Gasteiger partial charge in [0, 0.05) is 0 Å². The zero-order valence-corrected chi connectivity index (χ0v) is 16.5. The lowest BCUT2D eigenvalue weighted by Crippen LogP contribution is -2.43. The Morgan fingerprint density at radius 3 is 2.70 bits per heavy atom. The summed E-state index contributed by atoms with van der Waals surface area (Å²) in [6, 6.07) is 4.56. The lowest BCUT2D eigenvalue weighted by atomic mass is 9.55. The highest BCUT2D eigenvalue weighted by Gasteiger charge is 2.54. The molecule has 5 atom stereocenters. The van der Waals surface area contributed by atoms with E-state index in [4.69, 9.17) is 11.2 Å². The molecule has 4 aliphatic rings. The van der Waals surface area contributed by atoms with E-state index >= 15 is 0 Å². The van der Waals surface area contributed by atoms with Gasteiger partial charge in [0.05, 0.1) is 17.8 Å². The Balaban J connectivity index is 1.46. The van der Waals surface area contributed by atoms with Gasteiger partial charge in [-0.1, -0.05) is 12.8 Å². The summed E-state index contributed by atoms with van der Waals surface area (Å²) in [4.78, 5) is 0. The molecular formula is C25H32O2. The van der Waals surface area contributed by atoms with Crippen LogP contribution in [0.3, 0.4) is 0 Å². The average Bonchev–Trinajstić information content (AvgIpc) is 3.29. The van der Waals surface area contributed by atoms with Gasteiger partial charge in [-0.15, -0.1) is 6.42 Å². The number of rotatable bonds is 2. The maximum atomic E-state index is 10.6. The van der Waals surface area contributed by atoms with E-state index in [1.54, 1.807) is 0 Å². The molecule has 0 bridgehead atoms. The van der Waals surface area contributed by atoms with Crippen molar-refractivity contribution in [3.8, 4) is 18.1 Å². The van der Waals surface area contributed by atoms with Crippen LogP contribution in [0, 0.1) is 29.6 Å². The summed E-state index contributed by atoms with van der Waals surface area (Å²) in [5.74, 6) is 5.85. The van der Waals surface area contributed by atoms with Crippen LogP contribution < -0.4 is 4.74 Å². The standard InChI is InChI=1S/C25H32O2/c1-3-16-14-21-17(15-23(16)27-18-6-4-5-7-18)8-9-20-19(21)12-13-25(2)22(20)10-11-24(25)26/h1,14-15,18-20,22,24,26H,4-13H2,2H3/t19-,20+,22-,24-,25-/m0/s1. The number of aliphatic hydroxyl groups is 1.